The Kier molecular flexibility index (Phi) is 11.4. The van der Waals surface area contributed by atoms with Crippen molar-refractivity contribution >= 4 is 55.7 Å². The third-order valence-corrected chi connectivity index (χ3v) is 13.8. The van der Waals surface area contributed by atoms with Crippen molar-refractivity contribution in [1.29, 1.82) is 0 Å². The highest BCUT2D eigenvalue weighted by atomic mass is 32.1. The first kappa shape index (κ1) is 41.1. The molecule has 2 aliphatic heterocycles. The summed E-state index contributed by atoms with van der Waals surface area (Å²) in [5.74, 6) is -0.402. The molecule has 17 heteroatoms. The quantitative estimate of drug-likeness (QED) is 0.123. The summed E-state index contributed by atoms with van der Waals surface area (Å²) in [6.07, 6.45) is 2.73. The summed E-state index contributed by atoms with van der Waals surface area (Å²) in [6, 6.07) is 19.8. The Morgan fingerprint density at radius 2 is 1.63 bits per heavy atom. The van der Waals surface area contributed by atoms with Crippen LogP contribution in [-0.2, 0) is 9.59 Å². The summed E-state index contributed by atoms with van der Waals surface area (Å²) in [4.78, 5) is 48.8. The van der Waals surface area contributed by atoms with E-state index in [-0.39, 0.29) is 42.5 Å². The van der Waals surface area contributed by atoms with Crippen LogP contribution < -0.4 is 15.1 Å². The minimum Gasteiger partial charge on any atom is -0.507 e. The van der Waals surface area contributed by atoms with Crippen LogP contribution in [0.1, 0.15) is 56.2 Å². The largest absolute Gasteiger partial charge is 0.507 e. The zero-order valence-electron chi connectivity index (χ0n) is 34.7. The van der Waals surface area contributed by atoms with Crippen molar-refractivity contribution in [3.05, 3.63) is 102 Å². The van der Waals surface area contributed by atoms with Gasteiger partial charge in [-0.15, -0.1) is 32.9 Å². The lowest BCUT2D eigenvalue weighted by molar-refractivity contribution is -0.141. The topological polar surface area (TPSA) is 187 Å². The van der Waals surface area contributed by atoms with Gasteiger partial charge in [0.15, 0.2) is 0 Å². The normalized spacial score (nSPS) is 17.8. The lowest BCUT2D eigenvalue weighted by atomic mass is 9.91. The van der Waals surface area contributed by atoms with E-state index >= 15 is 0 Å². The van der Waals surface area contributed by atoms with Crippen molar-refractivity contribution in [2.45, 2.75) is 58.2 Å². The predicted molar refractivity (Wildman–Crippen MR) is 239 cm³/mol. The molecule has 7 aromatic rings. The van der Waals surface area contributed by atoms with Crippen molar-refractivity contribution in [3.8, 4) is 38.7 Å². The maximum atomic E-state index is 14.3. The summed E-state index contributed by atoms with van der Waals surface area (Å²) < 4.78 is 6.82. The first-order chi connectivity index (χ1) is 30.0. The van der Waals surface area contributed by atoms with Gasteiger partial charge in [0.1, 0.15) is 34.7 Å². The number of hydrogen-bond acceptors (Lipinski definition) is 15. The highest BCUT2D eigenvalue weighted by Gasteiger charge is 2.43. The number of benzene rings is 2. The van der Waals surface area contributed by atoms with Gasteiger partial charge in [-0.2, -0.15) is 0 Å². The summed E-state index contributed by atoms with van der Waals surface area (Å²) in [6.45, 7) is 10.8. The number of thiophene rings is 1. The Bertz CT molecular complexity index is 2710. The van der Waals surface area contributed by atoms with Crippen molar-refractivity contribution in [1.82, 2.24) is 40.5 Å². The number of thiazole rings is 1. The van der Waals surface area contributed by atoms with E-state index < -0.39 is 18.1 Å². The van der Waals surface area contributed by atoms with Gasteiger partial charge in [-0.1, -0.05) is 55.4 Å². The van der Waals surface area contributed by atoms with E-state index in [2.05, 4.69) is 51.5 Å². The van der Waals surface area contributed by atoms with Crippen molar-refractivity contribution in [2.24, 2.45) is 5.92 Å². The smallest absolute Gasteiger partial charge is 0.243 e. The van der Waals surface area contributed by atoms with Crippen LogP contribution in [0.25, 0.3) is 43.2 Å². The zero-order chi connectivity index (χ0) is 43.1. The number of nitrogens with one attached hydrogen (secondary N) is 1. The third-order valence-electron chi connectivity index (χ3n) is 11.7. The number of carbonyl (C=O) groups is 2. The van der Waals surface area contributed by atoms with E-state index in [1.54, 1.807) is 53.3 Å². The maximum absolute atomic E-state index is 14.3. The van der Waals surface area contributed by atoms with E-state index in [4.69, 9.17) is 4.52 Å². The molecule has 0 radical (unpaired) electrons. The van der Waals surface area contributed by atoms with Crippen LogP contribution in [0.2, 0.25) is 0 Å². The molecule has 318 valence electrons. The highest BCUT2D eigenvalue weighted by molar-refractivity contribution is 7.22. The number of para-hydroxylation sites is 1. The third kappa shape index (κ3) is 8.22. The van der Waals surface area contributed by atoms with E-state index in [0.717, 1.165) is 63.1 Å². The van der Waals surface area contributed by atoms with Crippen LogP contribution >= 0.6 is 22.7 Å². The molecule has 3 N–H and O–H groups in total. The molecule has 0 unspecified atom stereocenters. The number of amides is 2. The number of likely N-dealkylation sites (tertiary alicyclic amines) is 1. The first-order valence-corrected chi connectivity index (χ1v) is 22.3. The molecular formula is C45H46N10O5S2. The van der Waals surface area contributed by atoms with E-state index in [9.17, 15) is 19.8 Å². The number of carbonyl (C=O) groups excluding carboxylic acids is 2. The highest BCUT2D eigenvalue weighted by Crippen LogP contribution is 2.37. The minimum atomic E-state index is -0.839. The van der Waals surface area contributed by atoms with E-state index in [1.807, 2.05) is 75.7 Å². The number of anilines is 2. The second-order valence-corrected chi connectivity index (χ2v) is 18.1. The predicted octanol–water partition coefficient (Wildman–Crippen LogP) is 6.85. The first-order valence-electron chi connectivity index (χ1n) is 20.6. The fourth-order valence-electron chi connectivity index (χ4n) is 8.23. The maximum Gasteiger partial charge on any atom is 0.243 e. The standard InChI is InChI=1S/C45H46N10O5S2/c1-25(2)41(44(59)55-23-31(56)17-36(55)43(58)49-26(3)28-9-11-29(12-10-28)42-27(4)48-24-61-42)38-18-33(52-60-38)30-21-46-45(47-22-30)54-15-13-53(14-16-54)40-20-35-39(62-40)19-34(50-51-35)32-7-5-6-8-37(32)57/h5-12,18-22,24-26,31,36,41,56-57H,13-17,23H2,1-4H3,(H,49,58)/t26-,31+,36-,41+/m0/s1. The minimum absolute atomic E-state index is 0.0441. The molecule has 2 saturated heterocycles. The van der Waals surface area contributed by atoms with Crippen LogP contribution in [0.5, 0.6) is 5.75 Å². The van der Waals surface area contributed by atoms with E-state index in [0.29, 0.717) is 34.2 Å². The number of piperazine rings is 1. The lowest BCUT2D eigenvalue weighted by Gasteiger charge is -2.35. The van der Waals surface area contributed by atoms with Crippen molar-refractivity contribution < 1.29 is 24.3 Å². The monoisotopic (exact) mass is 870 g/mol. The summed E-state index contributed by atoms with van der Waals surface area (Å²) in [7, 11) is 0. The molecule has 4 atom stereocenters. The Hall–Kier alpha value is -6.30. The van der Waals surface area contributed by atoms with Crippen LogP contribution in [-0.4, -0.2) is 102 Å². The Morgan fingerprint density at radius 1 is 0.887 bits per heavy atom. The molecule has 2 aromatic carbocycles. The van der Waals surface area contributed by atoms with Crippen LogP contribution in [0, 0.1) is 12.8 Å². The van der Waals surface area contributed by atoms with Crippen molar-refractivity contribution in [2.75, 3.05) is 42.5 Å². The number of hydrogen-bond donors (Lipinski definition) is 3. The van der Waals surface area contributed by atoms with Gasteiger partial charge in [0.2, 0.25) is 17.8 Å². The molecule has 2 fully saturated rings. The fourth-order valence-corrected chi connectivity index (χ4v) is 10.1. The number of aliphatic hydroxyl groups is 1. The molecule has 0 saturated carbocycles. The molecule has 9 rings (SSSR count). The number of nitrogens with zero attached hydrogens (tertiary/aromatic N) is 9. The van der Waals surface area contributed by atoms with Gasteiger partial charge in [0.05, 0.1) is 43.6 Å². The average Bonchev–Trinajstić information content (AvgIpc) is 4.11. The van der Waals surface area contributed by atoms with Gasteiger partial charge >= 0.3 is 0 Å². The zero-order valence-corrected chi connectivity index (χ0v) is 36.3. The molecule has 5 aromatic heterocycles. The summed E-state index contributed by atoms with van der Waals surface area (Å²) in [5, 5.41) is 38.3. The Morgan fingerprint density at radius 3 is 2.34 bits per heavy atom. The van der Waals surface area contributed by atoms with Gasteiger partial charge in [0.25, 0.3) is 0 Å². The molecule has 2 aliphatic rings. The molecule has 0 spiro atoms. The van der Waals surface area contributed by atoms with Crippen LogP contribution in [0.15, 0.2) is 89.2 Å². The van der Waals surface area contributed by atoms with Gasteiger partial charge in [-0.25, -0.2) is 15.0 Å². The summed E-state index contributed by atoms with van der Waals surface area (Å²) >= 11 is 3.24. The lowest BCUT2D eigenvalue weighted by Crippen LogP contribution is -2.48. The molecule has 0 bridgehead atoms. The number of fused-ring (bicyclic) bond motifs is 1. The molecule has 15 nitrogen and oxygen atoms in total. The molecular weight excluding hydrogens is 825 g/mol. The van der Waals surface area contributed by atoms with Crippen LogP contribution in [0.3, 0.4) is 0 Å². The SMILES string of the molecule is Cc1ncsc1-c1ccc([C@H](C)NC(=O)[C@@H]2C[C@@H](O)CN2C(=O)[C@@H](c2cc(-c3cnc(N4CCN(c5cc6nnc(-c7ccccc7O)cc6s5)CC4)nc3)no2)C(C)C)cc1. The Labute approximate surface area is 366 Å². The average molecular weight is 871 g/mol. The second kappa shape index (κ2) is 17.2. The van der Waals surface area contributed by atoms with Gasteiger partial charge in [-0.3, -0.25) is 9.59 Å². The van der Waals surface area contributed by atoms with Crippen LogP contribution in [0.4, 0.5) is 10.9 Å². The van der Waals surface area contributed by atoms with Gasteiger partial charge in [-0.05, 0) is 49.1 Å². The molecule has 62 heavy (non-hydrogen) atoms. The molecule has 0 aliphatic carbocycles. The number of phenols is 1. The number of aromatic hydroxyl groups is 1. The number of aryl methyl sites for hydroxylation is 1. The summed E-state index contributed by atoms with van der Waals surface area (Å²) in [5.41, 5.74) is 8.04. The Balaban J connectivity index is 0.824. The number of phenolic OH excluding ortho intramolecular Hbond substituents is 1. The van der Waals surface area contributed by atoms with Gasteiger partial charge < -0.3 is 34.8 Å². The number of aromatic nitrogens is 6. The second-order valence-electron chi connectivity index (χ2n) is 16.2. The number of rotatable bonds is 11. The molecule has 7 heterocycles. The number of β-amino-alcohol motifs (C(OH)–C–C–N with tert-alkyl or cyclic N) is 1. The fraction of sp³-hybridized carbons (Fsp3) is 0.333. The molecule has 2 amide bonds. The van der Waals surface area contributed by atoms with Gasteiger partial charge in [0, 0.05) is 74.8 Å². The van der Waals surface area contributed by atoms with Crippen molar-refractivity contribution in [3.63, 3.8) is 0 Å². The number of aliphatic hydroxyl groups excluding tert-OH is 1. The van der Waals surface area contributed by atoms with E-state index in [1.165, 1.54) is 4.90 Å².